The molecule has 118 valence electrons. The quantitative estimate of drug-likeness (QED) is 0.788. The summed E-state index contributed by atoms with van der Waals surface area (Å²) in [6.45, 7) is 2.62. The third kappa shape index (κ3) is 3.94. The van der Waals surface area contributed by atoms with Crippen molar-refractivity contribution >= 4 is 0 Å². The van der Waals surface area contributed by atoms with E-state index in [4.69, 9.17) is 9.84 Å². The Kier molecular flexibility index (Phi) is 5.97. The predicted molar refractivity (Wildman–Crippen MR) is 78.5 cm³/mol. The van der Waals surface area contributed by atoms with Gasteiger partial charge >= 0.3 is 0 Å². The van der Waals surface area contributed by atoms with E-state index in [1.54, 1.807) is 12.1 Å². The van der Waals surface area contributed by atoms with E-state index >= 15 is 0 Å². The van der Waals surface area contributed by atoms with Crippen molar-refractivity contribution in [2.24, 2.45) is 5.92 Å². The topological polar surface area (TPSA) is 29.5 Å². The zero-order valence-electron chi connectivity index (χ0n) is 12.6. The smallest absolute Gasteiger partial charge is 0.200 e. The van der Waals surface area contributed by atoms with Crippen molar-refractivity contribution in [1.29, 1.82) is 0 Å². The van der Waals surface area contributed by atoms with Crippen LogP contribution >= 0.6 is 0 Å². The van der Waals surface area contributed by atoms with Gasteiger partial charge in [-0.15, -0.1) is 0 Å². The maximum atomic E-state index is 14.2. The maximum Gasteiger partial charge on any atom is 0.200 e. The van der Waals surface area contributed by atoms with Crippen molar-refractivity contribution in [3.05, 3.63) is 29.3 Å². The monoisotopic (exact) mass is 298 g/mol. The molecule has 1 saturated carbocycles. The van der Waals surface area contributed by atoms with Gasteiger partial charge in [0.05, 0.1) is 6.61 Å². The number of rotatable bonds is 6. The largest absolute Gasteiger partial charge is 0.490 e. The Bertz CT molecular complexity index is 454. The first-order valence-corrected chi connectivity index (χ1v) is 7.88. The minimum atomic E-state index is -0.868. The molecule has 2 rings (SSSR count). The summed E-state index contributed by atoms with van der Waals surface area (Å²) in [4.78, 5) is 0. The Labute approximate surface area is 125 Å². The first kappa shape index (κ1) is 16.2. The molecule has 1 N–H and O–H groups in total. The van der Waals surface area contributed by atoms with Gasteiger partial charge in [-0.05, 0) is 55.6 Å². The summed E-state index contributed by atoms with van der Waals surface area (Å²) < 4.78 is 33.6. The van der Waals surface area contributed by atoms with Crippen LogP contribution in [0.4, 0.5) is 8.78 Å². The fourth-order valence-corrected chi connectivity index (χ4v) is 2.96. The molecule has 21 heavy (non-hydrogen) atoms. The summed E-state index contributed by atoms with van der Waals surface area (Å²) in [6, 6.07) is 3.20. The molecule has 0 aliphatic heterocycles. The van der Waals surface area contributed by atoms with Crippen LogP contribution in [0.25, 0.3) is 0 Å². The van der Waals surface area contributed by atoms with E-state index in [-0.39, 0.29) is 18.3 Å². The Balaban J connectivity index is 2.06. The van der Waals surface area contributed by atoms with Gasteiger partial charge in [-0.25, -0.2) is 4.39 Å². The molecule has 0 bridgehead atoms. The Hall–Kier alpha value is -1.16. The van der Waals surface area contributed by atoms with Crippen LogP contribution < -0.4 is 4.74 Å². The second-order valence-electron chi connectivity index (χ2n) is 5.88. The highest BCUT2D eigenvalue weighted by Gasteiger charge is 2.26. The van der Waals surface area contributed by atoms with Crippen LogP contribution in [-0.2, 0) is 0 Å². The number of ether oxygens (including phenoxy) is 1. The van der Waals surface area contributed by atoms with Crippen LogP contribution in [0.5, 0.6) is 5.75 Å². The fraction of sp³-hybridized carbons (Fsp3) is 0.647. The van der Waals surface area contributed by atoms with Gasteiger partial charge in [0.15, 0.2) is 11.6 Å². The molecule has 0 saturated heterocycles. The van der Waals surface area contributed by atoms with E-state index in [1.807, 2.05) is 6.92 Å². The second-order valence-corrected chi connectivity index (χ2v) is 5.88. The normalized spacial score (nSPS) is 22.3. The number of hydrogen-bond donors (Lipinski definition) is 1. The van der Waals surface area contributed by atoms with Crippen LogP contribution in [-0.4, -0.2) is 18.3 Å². The fourth-order valence-electron chi connectivity index (χ4n) is 2.96. The van der Waals surface area contributed by atoms with Crippen molar-refractivity contribution in [1.82, 2.24) is 0 Å². The van der Waals surface area contributed by atoms with E-state index < -0.39 is 11.6 Å². The molecule has 1 aromatic carbocycles. The Morgan fingerprint density at radius 2 is 1.86 bits per heavy atom. The van der Waals surface area contributed by atoms with Gasteiger partial charge in [0.1, 0.15) is 0 Å². The highest BCUT2D eigenvalue weighted by molar-refractivity contribution is 5.33. The van der Waals surface area contributed by atoms with E-state index in [2.05, 4.69) is 0 Å². The molecule has 0 spiro atoms. The molecular weight excluding hydrogens is 274 g/mol. The number of aliphatic hydroxyl groups excluding tert-OH is 1. The lowest BCUT2D eigenvalue weighted by molar-refractivity contribution is 0.181. The maximum absolute atomic E-state index is 14.2. The summed E-state index contributed by atoms with van der Waals surface area (Å²) in [5, 5.41) is 9.14. The predicted octanol–water partition coefficient (Wildman–Crippen LogP) is 4.41. The first-order valence-electron chi connectivity index (χ1n) is 7.88. The van der Waals surface area contributed by atoms with Gasteiger partial charge in [-0.2, -0.15) is 4.39 Å². The molecule has 0 radical (unpaired) electrons. The van der Waals surface area contributed by atoms with Gasteiger partial charge in [0.25, 0.3) is 0 Å². The number of unbranched alkanes of at least 4 members (excludes halogenated alkanes) is 1. The zero-order valence-corrected chi connectivity index (χ0v) is 12.6. The van der Waals surface area contributed by atoms with Crippen molar-refractivity contribution in [3.63, 3.8) is 0 Å². The molecule has 0 unspecified atom stereocenters. The Morgan fingerprint density at radius 3 is 2.48 bits per heavy atom. The second kappa shape index (κ2) is 7.74. The molecule has 1 aliphatic rings. The minimum absolute atomic E-state index is 0.00810. The lowest BCUT2D eigenvalue weighted by Gasteiger charge is -2.28. The SMILES string of the molecule is CCCCOc1ccc(C2CCC(CO)CC2)c(F)c1F. The molecule has 0 aromatic heterocycles. The van der Waals surface area contributed by atoms with Crippen LogP contribution in [0.1, 0.15) is 56.9 Å². The summed E-state index contributed by atoms with van der Waals surface area (Å²) in [5.74, 6) is -1.27. The molecular formula is C17H24F2O2. The summed E-state index contributed by atoms with van der Waals surface area (Å²) in [7, 11) is 0. The third-order valence-corrected chi connectivity index (χ3v) is 4.38. The van der Waals surface area contributed by atoms with E-state index in [1.165, 1.54) is 0 Å². The average Bonchev–Trinajstić information content (AvgIpc) is 2.52. The number of halogens is 2. The third-order valence-electron chi connectivity index (χ3n) is 4.38. The van der Waals surface area contributed by atoms with Crippen molar-refractivity contribution in [2.45, 2.75) is 51.4 Å². The van der Waals surface area contributed by atoms with E-state index in [0.717, 1.165) is 38.5 Å². The average molecular weight is 298 g/mol. The van der Waals surface area contributed by atoms with Gasteiger partial charge in [-0.3, -0.25) is 0 Å². The molecule has 0 amide bonds. The Morgan fingerprint density at radius 1 is 1.14 bits per heavy atom. The molecule has 4 heteroatoms. The molecule has 1 aliphatic carbocycles. The molecule has 1 fully saturated rings. The summed E-state index contributed by atoms with van der Waals surface area (Å²) >= 11 is 0. The minimum Gasteiger partial charge on any atom is -0.490 e. The van der Waals surface area contributed by atoms with Crippen LogP contribution in [0.2, 0.25) is 0 Å². The number of benzene rings is 1. The molecule has 2 nitrogen and oxygen atoms in total. The van der Waals surface area contributed by atoms with Gasteiger partial charge in [-0.1, -0.05) is 19.4 Å². The first-order chi connectivity index (χ1) is 10.2. The van der Waals surface area contributed by atoms with Gasteiger partial charge < -0.3 is 9.84 Å². The summed E-state index contributed by atoms with van der Waals surface area (Å²) in [6.07, 6.45) is 5.13. The van der Waals surface area contributed by atoms with Crippen molar-refractivity contribution in [2.75, 3.05) is 13.2 Å². The van der Waals surface area contributed by atoms with Gasteiger partial charge in [0, 0.05) is 6.61 Å². The van der Waals surface area contributed by atoms with Crippen molar-refractivity contribution < 1.29 is 18.6 Å². The lowest BCUT2D eigenvalue weighted by atomic mass is 9.79. The molecule has 1 aromatic rings. The zero-order chi connectivity index (χ0) is 15.2. The lowest BCUT2D eigenvalue weighted by Crippen LogP contribution is -2.17. The van der Waals surface area contributed by atoms with E-state index in [9.17, 15) is 8.78 Å². The number of hydrogen-bond acceptors (Lipinski definition) is 2. The van der Waals surface area contributed by atoms with E-state index in [0.29, 0.717) is 18.1 Å². The summed E-state index contributed by atoms with van der Waals surface area (Å²) in [5.41, 5.74) is 0.451. The van der Waals surface area contributed by atoms with Crippen LogP contribution in [0.3, 0.4) is 0 Å². The number of aliphatic hydroxyl groups is 1. The molecule has 0 atom stereocenters. The van der Waals surface area contributed by atoms with Crippen molar-refractivity contribution in [3.8, 4) is 5.75 Å². The molecule has 0 heterocycles. The highest BCUT2D eigenvalue weighted by Crippen LogP contribution is 2.38. The standard InChI is InChI=1S/C17H24F2O2/c1-2-3-10-21-15-9-8-14(16(18)17(15)19)13-6-4-12(11-20)5-7-13/h8-9,12-13,20H,2-7,10-11H2,1H3. The van der Waals surface area contributed by atoms with Crippen LogP contribution in [0.15, 0.2) is 12.1 Å². The van der Waals surface area contributed by atoms with Crippen LogP contribution in [0, 0.1) is 17.6 Å². The highest BCUT2D eigenvalue weighted by atomic mass is 19.2. The van der Waals surface area contributed by atoms with Gasteiger partial charge in [0.2, 0.25) is 5.82 Å².